The highest BCUT2D eigenvalue weighted by Crippen LogP contribution is 2.19. The van der Waals surface area contributed by atoms with Crippen LogP contribution >= 0.6 is 0 Å². The number of morpholine rings is 1. The van der Waals surface area contributed by atoms with Gasteiger partial charge in [-0.05, 0) is 35.0 Å². The number of hydrogen-bond acceptors (Lipinski definition) is 5. The summed E-state index contributed by atoms with van der Waals surface area (Å²) in [4.78, 5) is 14.6. The van der Waals surface area contributed by atoms with Crippen LogP contribution in [-0.2, 0) is 16.0 Å². The van der Waals surface area contributed by atoms with Crippen LogP contribution in [0.2, 0.25) is 0 Å². The average Bonchev–Trinajstić information content (AvgIpc) is 2.99. The van der Waals surface area contributed by atoms with E-state index in [-0.39, 0.29) is 11.7 Å². The summed E-state index contributed by atoms with van der Waals surface area (Å²) in [6.45, 7) is 3.87. The van der Waals surface area contributed by atoms with Crippen molar-refractivity contribution in [2.75, 3.05) is 26.3 Å². The highest BCUT2D eigenvalue weighted by molar-refractivity contribution is 5.80. The summed E-state index contributed by atoms with van der Waals surface area (Å²) in [5, 5.41) is 11.4. The van der Waals surface area contributed by atoms with E-state index in [2.05, 4.69) is 15.5 Å². The van der Waals surface area contributed by atoms with Crippen molar-refractivity contribution in [3.8, 4) is 0 Å². The average molecular weight is 319 g/mol. The van der Waals surface area contributed by atoms with Crippen LogP contribution in [-0.4, -0.2) is 57.3 Å². The molecule has 1 aromatic heterocycles. The number of halogens is 1. The second-order valence-corrected chi connectivity index (χ2v) is 5.46. The van der Waals surface area contributed by atoms with Gasteiger partial charge >= 0.3 is 0 Å². The highest BCUT2D eigenvalue weighted by atomic mass is 19.1. The number of aryl methyl sites for hydroxylation is 1. The van der Waals surface area contributed by atoms with Gasteiger partial charge in [-0.2, -0.15) is 0 Å². The van der Waals surface area contributed by atoms with Gasteiger partial charge in [-0.25, -0.2) is 9.07 Å². The molecular formula is C15H18FN5O2. The molecule has 0 saturated carbocycles. The van der Waals surface area contributed by atoms with Crippen LogP contribution in [0.3, 0.4) is 0 Å². The lowest BCUT2D eigenvalue weighted by Gasteiger charge is -2.30. The zero-order chi connectivity index (χ0) is 16.2. The van der Waals surface area contributed by atoms with Crippen LogP contribution in [0.4, 0.5) is 4.39 Å². The first kappa shape index (κ1) is 15.5. The fourth-order valence-electron chi connectivity index (χ4n) is 2.69. The van der Waals surface area contributed by atoms with E-state index in [0.717, 1.165) is 5.56 Å². The zero-order valence-corrected chi connectivity index (χ0v) is 12.9. The quantitative estimate of drug-likeness (QED) is 0.832. The van der Waals surface area contributed by atoms with E-state index in [1.54, 1.807) is 24.0 Å². The maximum atomic E-state index is 13.4. The standard InChI is InChI=1S/C15H18FN5O2/c1-11-17-18-19-21(11)14(10-12-3-2-4-13(16)9-12)15(22)20-5-7-23-8-6-20/h2-4,9,14H,5-8,10H2,1H3. The van der Waals surface area contributed by atoms with Gasteiger partial charge in [0.25, 0.3) is 0 Å². The SMILES string of the molecule is Cc1nnnn1C(Cc1cccc(F)c1)C(=O)N1CCOCC1. The maximum absolute atomic E-state index is 13.4. The Morgan fingerprint density at radius 1 is 1.39 bits per heavy atom. The molecule has 1 aliphatic rings. The maximum Gasteiger partial charge on any atom is 0.248 e. The molecule has 2 heterocycles. The largest absolute Gasteiger partial charge is 0.378 e. The van der Waals surface area contributed by atoms with Crippen molar-refractivity contribution in [1.82, 2.24) is 25.1 Å². The van der Waals surface area contributed by atoms with E-state index in [0.29, 0.717) is 38.5 Å². The molecule has 1 unspecified atom stereocenters. The first-order valence-electron chi connectivity index (χ1n) is 7.50. The third-order valence-electron chi connectivity index (χ3n) is 3.88. The molecule has 3 rings (SSSR count). The number of tetrazole rings is 1. The lowest BCUT2D eigenvalue weighted by Crippen LogP contribution is -2.45. The van der Waals surface area contributed by atoms with E-state index < -0.39 is 6.04 Å². The molecule has 122 valence electrons. The van der Waals surface area contributed by atoms with Crippen LogP contribution in [0.5, 0.6) is 0 Å². The molecule has 0 spiro atoms. The second kappa shape index (κ2) is 6.82. The lowest BCUT2D eigenvalue weighted by molar-refractivity contribution is -0.139. The van der Waals surface area contributed by atoms with Gasteiger partial charge in [0.1, 0.15) is 17.7 Å². The molecule has 1 aliphatic heterocycles. The third kappa shape index (κ3) is 3.53. The van der Waals surface area contributed by atoms with Gasteiger partial charge in [0, 0.05) is 19.5 Å². The first-order chi connectivity index (χ1) is 11.1. The van der Waals surface area contributed by atoms with E-state index in [9.17, 15) is 9.18 Å². The van der Waals surface area contributed by atoms with Crippen molar-refractivity contribution >= 4 is 5.91 Å². The first-order valence-corrected chi connectivity index (χ1v) is 7.50. The molecule has 0 radical (unpaired) electrons. The minimum absolute atomic E-state index is 0.0760. The lowest BCUT2D eigenvalue weighted by atomic mass is 10.0. The molecule has 2 aromatic rings. The number of hydrogen-bond donors (Lipinski definition) is 0. The Hall–Kier alpha value is -2.35. The van der Waals surface area contributed by atoms with Crippen molar-refractivity contribution in [2.45, 2.75) is 19.4 Å². The van der Waals surface area contributed by atoms with Gasteiger partial charge in [-0.3, -0.25) is 4.79 Å². The summed E-state index contributed by atoms with van der Waals surface area (Å²) < 4.78 is 20.2. The monoisotopic (exact) mass is 319 g/mol. The molecule has 7 nitrogen and oxygen atoms in total. The minimum atomic E-state index is -0.593. The van der Waals surface area contributed by atoms with Crippen molar-refractivity contribution < 1.29 is 13.9 Å². The summed E-state index contributed by atoms with van der Waals surface area (Å²) >= 11 is 0. The van der Waals surface area contributed by atoms with Gasteiger partial charge in [0.15, 0.2) is 0 Å². The van der Waals surface area contributed by atoms with Crippen LogP contribution < -0.4 is 0 Å². The molecule has 1 fully saturated rings. The Balaban J connectivity index is 1.87. The number of rotatable bonds is 4. The fraction of sp³-hybridized carbons (Fsp3) is 0.467. The third-order valence-corrected chi connectivity index (χ3v) is 3.88. The molecule has 1 amide bonds. The van der Waals surface area contributed by atoms with Crippen LogP contribution in [0, 0.1) is 12.7 Å². The molecule has 1 aromatic carbocycles. The Bertz CT molecular complexity index is 684. The molecule has 1 saturated heterocycles. The summed E-state index contributed by atoms with van der Waals surface area (Å²) in [5.41, 5.74) is 0.728. The number of benzene rings is 1. The molecule has 0 bridgehead atoms. The van der Waals surface area contributed by atoms with Crippen molar-refractivity contribution in [3.05, 3.63) is 41.5 Å². The summed E-state index contributed by atoms with van der Waals surface area (Å²) in [6.07, 6.45) is 0.333. The normalized spacial score (nSPS) is 16.3. The minimum Gasteiger partial charge on any atom is -0.378 e. The van der Waals surface area contributed by atoms with E-state index in [1.807, 2.05) is 0 Å². The van der Waals surface area contributed by atoms with Gasteiger partial charge in [-0.1, -0.05) is 12.1 Å². The molecule has 8 heteroatoms. The fourth-order valence-corrected chi connectivity index (χ4v) is 2.69. The Morgan fingerprint density at radius 3 is 2.83 bits per heavy atom. The zero-order valence-electron chi connectivity index (χ0n) is 12.9. The van der Waals surface area contributed by atoms with Crippen molar-refractivity contribution in [2.24, 2.45) is 0 Å². The predicted octanol–water partition coefficient (Wildman–Crippen LogP) is 0.763. The van der Waals surface area contributed by atoms with Crippen LogP contribution in [0.25, 0.3) is 0 Å². The summed E-state index contributed by atoms with van der Waals surface area (Å²) in [7, 11) is 0. The molecule has 1 atom stereocenters. The Kier molecular flexibility index (Phi) is 4.61. The Morgan fingerprint density at radius 2 is 2.17 bits per heavy atom. The number of carbonyl (C=O) groups is 1. The molecule has 0 aliphatic carbocycles. The topological polar surface area (TPSA) is 73.1 Å². The van der Waals surface area contributed by atoms with Crippen LogP contribution in [0.15, 0.2) is 24.3 Å². The van der Waals surface area contributed by atoms with Gasteiger partial charge in [-0.15, -0.1) is 5.10 Å². The number of ether oxygens (including phenoxy) is 1. The summed E-state index contributed by atoms with van der Waals surface area (Å²) in [6, 6.07) is 5.64. The predicted molar refractivity (Wildman–Crippen MR) is 79.1 cm³/mol. The summed E-state index contributed by atoms with van der Waals surface area (Å²) in [5.74, 6) is 0.148. The van der Waals surface area contributed by atoms with Gasteiger partial charge in [0.05, 0.1) is 13.2 Å². The number of carbonyl (C=O) groups excluding carboxylic acids is 1. The highest BCUT2D eigenvalue weighted by Gasteiger charge is 2.29. The smallest absolute Gasteiger partial charge is 0.248 e. The van der Waals surface area contributed by atoms with Gasteiger partial charge in [0.2, 0.25) is 5.91 Å². The van der Waals surface area contributed by atoms with E-state index in [4.69, 9.17) is 4.74 Å². The van der Waals surface area contributed by atoms with Crippen LogP contribution in [0.1, 0.15) is 17.4 Å². The number of aromatic nitrogens is 4. The number of nitrogens with zero attached hydrogens (tertiary/aromatic N) is 5. The number of amides is 1. The van der Waals surface area contributed by atoms with E-state index in [1.165, 1.54) is 16.8 Å². The molecular weight excluding hydrogens is 301 g/mol. The van der Waals surface area contributed by atoms with Gasteiger partial charge < -0.3 is 9.64 Å². The molecule has 0 N–H and O–H groups in total. The molecule has 23 heavy (non-hydrogen) atoms. The van der Waals surface area contributed by atoms with E-state index >= 15 is 0 Å². The van der Waals surface area contributed by atoms with Crippen molar-refractivity contribution in [3.63, 3.8) is 0 Å². The Labute approximate surface area is 133 Å². The van der Waals surface area contributed by atoms with Crippen molar-refractivity contribution in [1.29, 1.82) is 0 Å². The second-order valence-electron chi connectivity index (χ2n) is 5.46.